The molecule has 6 aromatic rings. The molecule has 0 atom stereocenters. The number of nitrogen functional groups attached to an aromatic ring is 2. The first-order valence-corrected chi connectivity index (χ1v) is 28.1. The van der Waals surface area contributed by atoms with E-state index < -0.39 is 91.8 Å². The van der Waals surface area contributed by atoms with Crippen LogP contribution in [0.4, 0.5) is 30.2 Å². The summed E-state index contributed by atoms with van der Waals surface area (Å²) < 4.78 is 117. The maximum atomic E-state index is 14.2. The molecule has 0 aliphatic rings. The third kappa shape index (κ3) is 20.6. The Morgan fingerprint density at radius 2 is 0.800 bits per heavy atom. The second-order valence-corrected chi connectivity index (χ2v) is 26.1. The van der Waals surface area contributed by atoms with Gasteiger partial charge < -0.3 is 15.9 Å². The number of nitrogens with one attached hydrogen (secondary N) is 3. The highest BCUT2D eigenvalue weighted by Gasteiger charge is 2.26. The topological polar surface area (TPSA) is 282 Å². The number of hydrazine groups is 1. The monoisotopic (exact) mass is 1240 g/mol. The standard InChI is InChI=1S/C17H19ClFN3O3S.C17H17ClFNO4S.C10H13ClO2S.C7H6FNO2.4CH4/c1-17(2,3)10-4-6-11(7-5-10)26(24,25)22-13-9-8-12(18)15(19)14(13)16(23)21-20;1-17(2,3)10-4-6-11(7-5-10)25(23,24)20-13-9-8-12(18)15(19)14(13)16(21)22;1-10(2,3)8-4-6-9(7-5-8)14(11,12)13;8-4-2-1-3-5(9)6(4)7(10)11;;;;/h4-9,22H,20H2,1-3H3,(H,21,23);4-9,20H,1-3H3,(H,21,22);4-7H,1-3H3;1-3H,9H2,(H,10,11);4*1H4. The normalized spacial score (nSPS) is 11.2. The number of carboxylic acids is 2. The first kappa shape index (κ1) is 75.7. The van der Waals surface area contributed by atoms with E-state index in [1.807, 2.05) is 41.5 Å². The maximum Gasteiger partial charge on any atom is 0.340 e. The van der Waals surface area contributed by atoms with Crippen LogP contribution < -0.4 is 26.4 Å². The fraction of sp³-hybridized carbons (Fsp3) is 0.291. The van der Waals surface area contributed by atoms with Gasteiger partial charge in [0, 0.05) is 16.4 Å². The SMILES string of the molecule is C.C.C.C.CC(C)(C)c1ccc(S(=O)(=O)Cl)cc1.CC(C)(C)c1ccc(S(=O)(=O)Nc2ccc(Cl)c(F)c2C(=O)NN)cc1.CC(C)(C)c1ccc(S(=O)(=O)Nc2ccc(Cl)c(F)c2C(=O)O)cc1.Nc1cccc(F)c1C(=O)O. The molecule has 0 fully saturated rings. The van der Waals surface area contributed by atoms with Crippen LogP contribution in [-0.4, -0.2) is 53.3 Å². The fourth-order valence-electron chi connectivity index (χ4n) is 6.33. The highest BCUT2D eigenvalue weighted by Crippen LogP contribution is 2.31. The van der Waals surface area contributed by atoms with Gasteiger partial charge in [-0.2, -0.15) is 0 Å². The summed E-state index contributed by atoms with van der Waals surface area (Å²) >= 11 is 11.2. The van der Waals surface area contributed by atoms with Crippen molar-refractivity contribution >= 4 is 97.9 Å². The van der Waals surface area contributed by atoms with E-state index >= 15 is 0 Å². The van der Waals surface area contributed by atoms with Crippen LogP contribution in [0.5, 0.6) is 0 Å². The molecule has 0 saturated heterocycles. The van der Waals surface area contributed by atoms with Gasteiger partial charge >= 0.3 is 11.9 Å². The number of carboxylic acid groups (broad SMARTS) is 2. The third-order valence-corrected chi connectivity index (χ3v) is 15.3. The highest BCUT2D eigenvalue weighted by molar-refractivity contribution is 8.13. The smallest absolute Gasteiger partial charge is 0.340 e. The lowest BCUT2D eigenvalue weighted by atomic mass is 9.87. The van der Waals surface area contributed by atoms with Gasteiger partial charge in [-0.25, -0.2) is 53.9 Å². The maximum absolute atomic E-state index is 14.2. The molecule has 9 N–H and O–H groups in total. The number of halogens is 6. The Bertz CT molecular complexity index is 3430. The molecule has 442 valence electrons. The summed E-state index contributed by atoms with van der Waals surface area (Å²) in [5, 5.41) is 16.8. The zero-order valence-corrected chi connectivity index (χ0v) is 46.9. The summed E-state index contributed by atoms with van der Waals surface area (Å²) in [6.07, 6.45) is 0. The van der Waals surface area contributed by atoms with E-state index in [4.69, 9.17) is 55.7 Å². The molecule has 25 heteroatoms. The lowest BCUT2D eigenvalue weighted by Crippen LogP contribution is -2.32. The highest BCUT2D eigenvalue weighted by atomic mass is 35.7. The van der Waals surface area contributed by atoms with Gasteiger partial charge in [-0.1, -0.05) is 158 Å². The van der Waals surface area contributed by atoms with Crippen molar-refractivity contribution in [2.24, 2.45) is 5.84 Å². The number of aromatic carboxylic acids is 2. The van der Waals surface area contributed by atoms with E-state index in [1.54, 1.807) is 41.8 Å². The third-order valence-electron chi connectivity index (χ3n) is 10.6. The molecule has 16 nitrogen and oxygen atoms in total. The molecule has 0 unspecified atom stereocenters. The second-order valence-electron chi connectivity index (χ2n) is 19.3. The molecular weight excluding hydrogens is 1170 g/mol. The average molecular weight is 1240 g/mol. The molecule has 6 aromatic carbocycles. The number of rotatable bonds is 10. The Balaban J connectivity index is 0. The van der Waals surface area contributed by atoms with E-state index in [0.29, 0.717) is 0 Å². The van der Waals surface area contributed by atoms with Crippen LogP contribution in [0.25, 0.3) is 0 Å². The molecule has 0 saturated carbocycles. The Labute approximate surface area is 483 Å². The molecule has 0 aromatic heterocycles. The summed E-state index contributed by atoms with van der Waals surface area (Å²) in [4.78, 5) is 33.4. The summed E-state index contributed by atoms with van der Waals surface area (Å²) in [5.41, 5.74) is 7.08. The van der Waals surface area contributed by atoms with Crippen LogP contribution in [0.2, 0.25) is 10.0 Å². The number of hydrogen-bond donors (Lipinski definition) is 7. The van der Waals surface area contributed by atoms with Gasteiger partial charge in [0.25, 0.3) is 35.0 Å². The van der Waals surface area contributed by atoms with Crippen LogP contribution in [0.3, 0.4) is 0 Å². The van der Waals surface area contributed by atoms with Crippen molar-refractivity contribution in [3.05, 3.63) is 176 Å². The largest absolute Gasteiger partial charge is 0.478 e. The van der Waals surface area contributed by atoms with E-state index in [2.05, 4.69) is 30.2 Å². The Morgan fingerprint density at radius 3 is 1.07 bits per heavy atom. The zero-order chi connectivity index (χ0) is 58.1. The molecule has 0 radical (unpaired) electrons. The van der Waals surface area contributed by atoms with Crippen molar-refractivity contribution in [3.8, 4) is 0 Å². The number of sulfonamides is 2. The van der Waals surface area contributed by atoms with Crippen molar-refractivity contribution in [2.75, 3.05) is 15.2 Å². The van der Waals surface area contributed by atoms with Gasteiger partial charge in [0.15, 0.2) is 11.6 Å². The summed E-state index contributed by atoms with van der Waals surface area (Å²) in [5.74, 6) is -2.02. The molecule has 6 rings (SSSR count). The summed E-state index contributed by atoms with van der Waals surface area (Å²) in [6.45, 7) is 18.2. The molecule has 0 bridgehead atoms. The summed E-state index contributed by atoms with van der Waals surface area (Å²) in [7, 11) is -6.53. The number of anilines is 3. The van der Waals surface area contributed by atoms with Crippen LogP contribution in [0.1, 0.15) is 140 Å². The Hall–Kier alpha value is -6.40. The number of hydrogen-bond acceptors (Lipinski definition) is 11. The molecule has 0 spiro atoms. The van der Waals surface area contributed by atoms with Crippen LogP contribution >= 0.6 is 33.9 Å². The minimum atomic E-state index is -4.08. The predicted molar refractivity (Wildman–Crippen MR) is 316 cm³/mol. The van der Waals surface area contributed by atoms with Crippen molar-refractivity contribution in [1.29, 1.82) is 0 Å². The Morgan fingerprint density at radius 1 is 0.487 bits per heavy atom. The van der Waals surface area contributed by atoms with Crippen molar-refractivity contribution in [3.63, 3.8) is 0 Å². The van der Waals surface area contributed by atoms with Gasteiger partial charge in [0.05, 0.1) is 36.1 Å². The van der Waals surface area contributed by atoms with Crippen LogP contribution in [0, 0.1) is 17.5 Å². The quantitative estimate of drug-likeness (QED) is 0.0221. The molecule has 1 amide bonds. The number of benzene rings is 6. The van der Waals surface area contributed by atoms with Crippen molar-refractivity contribution in [1.82, 2.24) is 5.43 Å². The van der Waals surface area contributed by atoms with E-state index in [9.17, 15) is 52.8 Å². The molecule has 0 heterocycles. The Kier molecular flexibility index (Phi) is 28.3. The van der Waals surface area contributed by atoms with Gasteiger partial charge in [0.1, 0.15) is 22.5 Å². The molecule has 0 aliphatic carbocycles. The minimum absolute atomic E-state index is 0. The predicted octanol–water partition coefficient (Wildman–Crippen LogP) is 14.0. The lowest BCUT2D eigenvalue weighted by Gasteiger charge is -2.19. The molecule has 80 heavy (non-hydrogen) atoms. The average Bonchev–Trinajstić information content (AvgIpc) is 3.30. The van der Waals surface area contributed by atoms with E-state index in [1.165, 1.54) is 54.6 Å². The molecule has 0 aliphatic heterocycles. The lowest BCUT2D eigenvalue weighted by molar-refractivity contribution is 0.0682. The van der Waals surface area contributed by atoms with Crippen LogP contribution in [0.15, 0.2) is 130 Å². The fourth-order valence-corrected chi connectivity index (χ4v) is 9.56. The van der Waals surface area contributed by atoms with E-state index in [-0.39, 0.29) is 77.0 Å². The van der Waals surface area contributed by atoms with Crippen LogP contribution in [-0.2, 0) is 45.3 Å². The number of nitrogens with two attached hydrogens (primary N) is 2. The van der Waals surface area contributed by atoms with E-state index in [0.717, 1.165) is 41.0 Å². The van der Waals surface area contributed by atoms with Gasteiger partial charge in [-0.3, -0.25) is 19.7 Å². The second kappa shape index (κ2) is 29.9. The number of amides is 1. The number of carbonyl (C=O) groups excluding carboxylic acids is 1. The van der Waals surface area contributed by atoms with Gasteiger partial charge in [-0.15, -0.1) is 0 Å². The van der Waals surface area contributed by atoms with Crippen molar-refractivity contribution in [2.45, 2.75) is 123 Å². The first-order valence-electron chi connectivity index (χ1n) is 22.0. The first-order chi connectivity index (χ1) is 34.7. The number of carbonyl (C=O) groups is 3. The van der Waals surface area contributed by atoms with Crippen molar-refractivity contribution < 1.29 is 63.0 Å². The van der Waals surface area contributed by atoms with Gasteiger partial charge in [0.2, 0.25) is 0 Å². The summed E-state index contributed by atoms with van der Waals surface area (Å²) in [6, 6.07) is 27.4. The minimum Gasteiger partial charge on any atom is -0.478 e. The van der Waals surface area contributed by atoms with Gasteiger partial charge in [-0.05, 0) is 106 Å². The zero-order valence-electron chi connectivity index (χ0n) is 42.2. The molecular formula is C55H71Cl3F3N5O11S3.